The molecule has 0 fully saturated rings. The largest absolute Gasteiger partial charge is 0.322 e. The smallest absolute Gasteiger partial charge is 0.255 e. The first kappa shape index (κ1) is 15.7. The van der Waals surface area contributed by atoms with Crippen LogP contribution in [0.5, 0.6) is 0 Å². The van der Waals surface area contributed by atoms with Gasteiger partial charge in [-0.05, 0) is 42.5 Å². The summed E-state index contributed by atoms with van der Waals surface area (Å²) in [6.45, 7) is 1.58. The van der Waals surface area contributed by atoms with Crippen LogP contribution in [0.25, 0.3) is 0 Å². The van der Waals surface area contributed by atoms with Crippen LogP contribution in [-0.2, 0) is 9.84 Å². The fourth-order valence-corrected chi connectivity index (χ4v) is 2.73. The van der Waals surface area contributed by atoms with Crippen LogP contribution >= 0.6 is 0 Å². The molecule has 0 saturated heterocycles. The van der Waals surface area contributed by atoms with Crippen molar-refractivity contribution in [2.75, 3.05) is 11.1 Å². The van der Waals surface area contributed by atoms with E-state index in [1.807, 2.05) is 6.07 Å². The van der Waals surface area contributed by atoms with E-state index in [1.54, 1.807) is 25.1 Å². The van der Waals surface area contributed by atoms with Gasteiger partial charge in [0.15, 0.2) is 9.84 Å². The third-order valence-corrected chi connectivity index (χ3v) is 4.86. The maximum absolute atomic E-state index is 12.1. The van der Waals surface area contributed by atoms with Crippen molar-refractivity contribution >= 4 is 21.4 Å². The third kappa shape index (κ3) is 3.51. The number of hydrogen-bond acceptors (Lipinski definition) is 4. The van der Waals surface area contributed by atoms with Crippen molar-refractivity contribution in [3.8, 4) is 6.07 Å². The van der Waals surface area contributed by atoms with Gasteiger partial charge < -0.3 is 5.32 Å². The molecule has 0 atom stereocenters. The van der Waals surface area contributed by atoms with E-state index in [2.05, 4.69) is 5.32 Å². The van der Waals surface area contributed by atoms with Crippen LogP contribution in [0.15, 0.2) is 53.4 Å². The number of sulfone groups is 1. The number of benzene rings is 2. The Morgan fingerprint density at radius 3 is 2.45 bits per heavy atom. The lowest BCUT2D eigenvalue weighted by atomic mass is 10.1. The fraction of sp³-hybridized carbons (Fsp3) is 0.125. The average Bonchev–Trinajstić information content (AvgIpc) is 2.55. The highest BCUT2D eigenvalue weighted by molar-refractivity contribution is 7.91. The molecule has 2 aromatic carbocycles. The van der Waals surface area contributed by atoms with Crippen molar-refractivity contribution in [2.45, 2.75) is 11.8 Å². The van der Waals surface area contributed by atoms with E-state index in [-0.39, 0.29) is 16.6 Å². The van der Waals surface area contributed by atoms with Crippen molar-refractivity contribution in [2.24, 2.45) is 0 Å². The monoisotopic (exact) mass is 314 g/mol. The molecule has 0 bridgehead atoms. The van der Waals surface area contributed by atoms with E-state index in [1.165, 1.54) is 30.3 Å². The number of amides is 1. The molecule has 1 amide bonds. The number of carbonyl (C=O) groups excluding carboxylic acids is 1. The molecular formula is C16H14N2O3S. The Morgan fingerprint density at radius 1 is 1.18 bits per heavy atom. The molecule has 2 rings (SSSR count). The molecule has 1 N–H and O–H groups in total. The van der Waals surface area contributed by atoms with Gasteiger partial charge in [0.25, 0.3) is 5.91 Å². The molecule has 22 heavy (non-hydrogen) atoms. The lowest BCUT2D eigenvalue weighted by Crippen LogP contribution is -2.12. The van der Waals surface area contributed by atoms with Crippen LogP contribution in [0.1, 0.15) is 22.8 Å². The highest BCUT2D eigenvalue weighted by atomic mass is 32.2. The summed E-state index contributed by atoms with van der Waals surface area (Å²) in [5.74, 6) is -0.331. The third-order valence-electron chi connectivity index (χ3n) is 3.11. The Labute approximate surface area is 129 Å². The molecule has 0 unspecified atom stereocenters. The van der Waals surface area contributed by atoms with Crippen molar-refractivity contribution in [1.29, 1.82) is 5.26 Å². The van der Waals surface area contributed by atoms with Gasteiger partial charge in [-0.1, -0.05) is 13.0 Å². The number of carbonyl (C=O) groups is 1. The quantitative estimate of drug-likeness (QED) is 0.939. The molecule has 5 nitrogen and oxygen atoms in total. The SMILES string of the molecule is CCS(=O)(=O)c1ccc(NC(=O)c2cccc(C#N)c2)cc1. The lowest BCUT2D eigenvalue weighted by molar-refractivity contribution is 0.102. The van der Waals surface area contributed by atoms with E-state index in [0.29, 0.717) is 16.8 Å². The van der Waals surface area contributed by atoms with Crippen LogP contribution in [0.2, 0.25) is 0 Å². The van der Waals surface area contributed by atoms with E-state index < -0.39 is 9.84 Å². The Balaban J connectivity index is 2.17. The minimum atomic E-state index is -3.25. The number of anilines is 1. The van der Waals surface area contributed by atoms with Gasteiger partial charge in [0, 0.05) is 11.3 Å². The van der Waals surface area contributed by atoms with Gasteiger partial charge in [0.1, 0.15) is 0 Å². The molecule has 0 aliphatic carbocycles. The molecule has 0 saturated carbocycles. The molecule has 0 spiro atoms. The van der Waals surface area contributed by atoms with Gasteiger partial charge in [-0.2, -0.15) is 5.26 Å². The number of rotatable bonds is 4. The Hall–Kier alpha value is -2.65. The first-order valence-corrected chi connectivity index (χ1v) is 8.26. The molecule has 112 valence electrons. The minimum absolute atomic E-state index is 0.0274. The topological polar surface area (TPSA) is 87.0 Å². The second kappa shape index (κ2) is 6.41. The zero-order valence-electron chi connectivity index (χ0n) is 11.9. The molecule has 0 heterocycles. The number of nitriles is 1. The summed E-state index contributed by atoms with van der Waals surface area (Å²) in [5, 5.41) is 11.5. The average molecular weight is 314 g/mol. The van der Waals surface area contributed by atoms with Gasteiger partial charge in [0.2, 0.25) is 0 Å². The molecule has 0 radical (unpaired) electrons. The molecule has 0 aliphatic heterocycles. The van der Waals surface area contributed by atoms with Gasteiger partial charge in [0.05, 0.1) is 22.3 Å². The Kier molecular flexibility index (Phi) is 4.59. The summed E-state index contributed by atoms with van der Waals surface area (Å²) in [7, 11) is -3.25. The predicted molar refractivity (Wildman–Crippen MR) is 83.3 cm³/mol. The molecule has 0 aromatic heterocycles. The summed E-state index contributed by atoms with van der Waals surface area (Å²) >= 11 is 0. The van der Waals surface area contributed by atoms with Gasteiger partial charge in [-0.15, -0.1) is 0 Å². The summed E-state index contributed by atoms with van der Waals surface area (Å²) in [4.78, 5) is 12.3. The van der Waals surface area contributed by atoms with Crippen molar-refractivity contribution in [1.82, 2.24) is 0 Å². The number of nitrogens with zero attached hydrogens (tertiary/aromatic N) is 1. The standard InChI is InChI=1S/C16H14N2O3S/c1-2-22(20,21)15-8-6-14(7-9-15)18-16(19)13-5-3-4-12(10-13)11-17/h3-10H,2H2,1H3,(H,18,19). The van der Waals surface area contributed by atoms with Crippen molar-refractivity contribution in [3.63, 3.8) is 0 Å². The molecule has 0 aliphatic rings. The predicted octanol–water partition coefficient (Wildman–Crippen LogP) is 2.60. The lowest BCUT2D eigenvalue weighted by Gasteiger charge is -2.07. The Morgan fingerprint density at radius 2 is 1.86 bits per heavy atom. The van der Waals surface area contributed by atoms with Crippen LogP contribution < -0.4 is 5.32 Å². The number of hydrogen-bond donors (Lipinski definition) is 1. The number of nitrogens with one attached hydrogen (secondary N) is 1. The van der Waals surface area contributed by atoms with Gasteiger partial charge in [-0.25, -0.2) is 8.42 Å². The second-order valence-electron chi connectivity index (χ2n) is 4.57. The summed E-state index contributed by atoms with van der Waals surface area (Å²) < 4.78 is 23.4. The van der Waals surface area contributed by atoms with Gasteiger partial charge in [-0.3, -0.25) is 4.79 Å². The fourth-order valence-electron chi connectivity index (χ4n) is 1.85. The zero-order valence-corrected chi connectivity index (χ0v) is 12.7. The highest BCUT2D eigenvalue weighted by Crippen LogP contribution is 2.16. The minimum Gasteiger partial charge on any atom is -0.322 e. The van der Waals surface area contributed by atoms with E-state index in [4.69, 9.17) is 5.26 Å². The van der Waals surface area contributed by atoms with E-state index in [9.17, 15) is 13.2 Å². The van der Waals surface area contributed by atoms with Crippen LogP contribution in [-0.4, -0.2) is 20.1 Å². The van der Waals surface area contributed by atoms with E-state index >= 15 is 0 Å². The Bertz CT molecular complexity index is 834. The van der Waals surface area contributed by atoms with Crippen LogP contribution in [0.4, 0.5) is 5.69 Å². The molecule has 6 heteroatoms. The summed E-state index contributed by atoms with van der Waals surface area (Å²) in [6.07, 6.45) is 0. The normalized spacial score (nSPS) is 10.7. The summed E-state index contributed by atoms with van der Waals surface area (Å²) in [6, 6.07) is 14.3. The molecule has 2 aromatic rings. The van der Waals surface area contributed by atoms with Crippen molar-refractivity contribution < 1.29 is 13.2 Å². The van der Waals surface area contributed by atoms with Crippen molar-refractivity contribution in [3.05, 3.63) is 59.7 Å². The zero-order chi connectivity index (χ0) is 16.2. The maximum Gasteiger partial charge on any atom is 0.255 e. The first-order valence-electron chi connectivity index (χ1n) is 6.60. The van der Waals surface area contributed by atoms with E-state index in [0.717, 1.165) is 0 Å². The van der Waals surface area contributed by atoms with Gasteiger partial charge >= 0.3 is 0 Å². The van der Waals surface area contributed by atoms with Crippen LogP contribution in [0.3, 0.4) is 0 Å². The van der Waals surface area contributed by atoms with Crippen LogP contribution in [0, 0.1) is 11.3 Å². The first-order chi connectivity index (χ1) is 10.5. The molecular weight excluding hydrogens is 300 g/mol. The summed E-state index contributed by atoms with van der Waals surface area (Å²) in [5.41, 5.74) is 1.25. The highest BCUT2D eigenvalue weighted by Gasteiger charge is 2.12. The maximum atomic E-state index is 12.1. The second-order valence-corrected chi connectivity index (χ2v) is 6.85.